The molecule has 0 saturated heterocycles. The predicted molar refractivity (Wildman–Crippen MR) is 77.4 cm³/mol. The maximum absolute atomic E-state index is 11.8. The maximum Gasteiger partial charge on any atom is 0.220 e. The number of carbonyl (C=O) groups excluding carboxylic acids is 2. The third kappa shape index (κ3) is 4.46. The standard InChI is InChI=1S/C15H21NO2S/c1-11-4-6-12(7-5-11)16-15(18)9-8-13(17)14-3-2-10-19-14/h2-3,10-12H,4-9H2,1H3,(H,16,18). The largest absolute Gasteiger partial charge is 0.353 e. The number of nitrogens with one attached hydrogen (secondary N) is 1. The summed E-state index contributed by atoms with van der Waals surface area (Å²) in [5, 5.41) is 4.94. The lowest BCUT2D eigenvalue weighted by Gasteiger charge is -2.26. The molecule has 1 fully saturated rings. The van der Waals surface area contributed by atoms with Crippen LogP contribution in [-0.4, -0.2) is 17.7 Å². The van der Waals surface area contributed by atoms with Crippen molar-refractivity contribution in [2.24, 2.45) is 5.92 Å². The van der Waals surface area contributed by atoms with Gasteiger partial charge in [-0.3, -0.25) is 9.59 Å². The lowest BCUT2D eigenvalue weighted by atomic mass is 9.87. The molecule has 1 aromatic heterocycles. The van der Waals surface area contributed by atoms with Crippen molar-refractivity contribution in [2.45, 2.75) is 51.5 Å². The first-order chi connectivity index (χ1) is 9.15. The molecule has 1 saturated carbocycles. The molecule has 4 heteroatoms. The highest BCUT2D eigenvalue weighted by Crippen LogP contribution is 2.23. The smallest absolute Gasteiger partial charge is 0.220 e. The molecule has 1 amide bonds. The van der Waals surface area contributed by atoms with E-state index < -0.39 is 0 Å². The van der Waals surface area contributed by atoms with Gasteiger partial charge in [-0.05, 0) is 43.0 Å². The van der Waals surface area contributed by atoms with E-state index in [9.17, 15) is 9.59 Å². The minimum Gasteiger partial charge on any atom is -0.353 e. The van der Waals surface area contributed by atoms with Crippen LogP contribution in [0.2, 0.25) is 0 Å². The monoisotopic (exact) mass is 279 g/mol. The molecular weight excluding hydrogens is 258 g/mol. The van der Waals surface area contributed by atoms with Crippen LogP contribution < -0.4 is 5.32 Å². The molecule has 1 aliphatic carbocycles. The molecule has 0 spiro atoms. The van der Waals surface area contributed by atoms with Gasteiger partial charge < -0.3 is 5.32 Å². The number of hydrogen-bond donors (Lipinski definition) is 1. The van der Waals surface area contributed by atoms with Crippen molar-refractivity contribution in [3.63, 3.8) is 0 Å². The van der Waals surface area contributed by atoms with Crippen molar-refractivity contribution < 1.29 is 9.59 Å². The van der Waals surface area contributed by atoms with E-state index in [4.69, 9.17) is 0 Å². The molecule has 1 aromatic rings. The van der Waals surface area contributed by atoms with Gasteiger partial charge in [0, 0.05) is 18.9 Å². The summed E-state index contributed by atoms with van der Waals surface area (Å²) in [6.07, 6.45) is 5.16. The molecule has 0 aromatic carbocycles. The zero-order chi connectivity index (χ0) is 13.7. The highest BCUT2D eigenvalue weighted by Gasteiger charge is 2.20. The number of rotatable bonds is 5. The Hall–Kier alpha value is -1.16. The normalized spacial score (nSPS) is 23.0. The number of carbonyl (C=O) groups is 2. The van der Waals surface area contributed by atoms with E-state index >= 15 is 0 Å². The Kier molecular flexibility index (Phi) is 5.14. The second-order valence-electron chi connectivity index (χ2n) is 5.42. The van der Waals surface area contributed by atoms with Crippen LogP contribution in [0.4, 0.5) is 0 Å². The predicted octanol–water partition coefficient (Wildman–Crippen LogP) is 3.41. The molecule has 0 atom stereocenters. The average Bonchev–Trinajstić information content (AvgIpc) is 2.93. The summed E-state index contributed by atoms with van der Waals surface area (Å²) in [6, 6.07) is 4.00. The first-order valence-corrected chi connectivity index (χ1v) is 7.89. The molecule has 0 bridgehead atoms. The molecular formula is C15H21NO2S. The van der Waals surface area contributed by atoms with Gasteiger partial charge in [0.05, 0.1) is 4.88 Å². The Morgan fingerprint density at radius 2 is 2.00 bits per heavy atom. The van der Waals surface area contributed by atoms with Crippen LogP contribution in [-0.2, 0) is 4.79 Å². The Morgan fingerprint density at radius 3 is 2.63 bits per heavy atom. The molecule has 0 aliphatic heterocycles. The van der Waals surface area contributed by atoms with Crippen LogP contribution in [0.5, 0.6) is 0 Å². The van der Waals surface area contributed by atoms with Gasteiger partial charge in [-0.2, -0.15) is 0 Å². The topological polar surface area (TPSA) is 46.2 Å². The summed E-state index contributed by atoms with van der Waals surface area (Å²) < 4.78 is 0. The van der Waals surface area contributed by atoms with E-state index in [0.717, 1.165) is 23.6 Å². The van der Waals surface area contributed by atoms with Crippen LogP contribution in [0, 0.1) is 5.92 Å². The number of hydrogen-bond acceptors (Lipinski definition) is 3. The van der Waals surface area contributed by atoms with Gasteiger partial charge in [-0.25, -0.2) is 0 Å². The van der Waals surface area contributed by atoms with Gasteiger partial charge in [-0.15, -0.1) is 11.3 Å². The van der Waals surface area contributed by atoms with Gasteiger partial charge in [0.25, 0.3) is 0 Å². The average molecular weight is 279 g/mol. The number of ketones is 1. The zero-order valence-electron chi connectivity index (χ0n) is 11.4. The van der Waals surface area contributed by atoms with Gasteiger partial charge >= 0.3 is 0 Å². The van der Waals surface area contributed by atoms with E-state index in [1.54, 1.807) is 0 Å². The van der Waals surface area contributed by atoms with Gasteiger partial charge in [0.2, 0.25) is 5.91 Å². The third-order valence-electron chi connectivity index (χ3n) is 3.76. The van der Waals surface area contributed by atoms with Crippen LogP contribution in [0.3, 0.4) is 0 Å². The fraction of sp³-hybridized carbons (Fsp3) is 0.600. The molecule has 3 nitrogen and oxygen atoms in total. The minimum absolute atomic E-state index is 0.0180. The molecule has 1 heterocycles. The second-order valence-corrected chi connectivity index (χ2v) is 6.37. The zero-order valence-corrected chi connectivity index (χ0v) is 12.2. The molecule has 1 aliphatic rings. The van der Waals surface area contributed by atoms with Crippen molar-refractivity contribution in [3.05, 3.63) is 22.4 Å². The van der Waals surface area contributed by atoms with E-state index in [-0.39, 0.29) is 11.7 Å². The summed E-state index contributed by atoms with van der Waals surface area (Å²) >= 11 is 1.44. The summed E-state index contributed by atoms with van der Waals surface area (Å²) in [7, 11) is 0. The van der Waals surface area contributed by atoms with E-state index in [1.807, 2.05) is 17.5 Å². The Balaban J connectivity index is 1.69. The fourth-order valence-electron chi connectivity index (χ4n) is 2.49. The fourth-order valence-corrected chi connectivity index (χ4v) is 3.19. The number of amides is 1. The Bertz CT molecular complexity index is 419. The Labute approximate surface area is 118 Å². The van der Waals surface area contributed by atoms with Crippen molar-refractivity contribution in [1.82, 2.24) is 5.32 Å². The van der Waals surface area contributed by atoms with Crippen LogP contribution in [0.25, 0.3) is 0 Å². The number of thiophene rings is 1. The molecule has 2 rings (SSSR count). The van der Waals surface area contributed by atoms with Gasteiger partial charge in [-0.1, -0.05) is 13.0 Å². The van der Waals surface area contributed by atoms with E-state index in [0.29, 0.717) is 18.9 Å². The van der Waals surface area contributed by atoms with Gasteiger partial charge in [0.1, 0.15) is 0 Å². The summed E-state index contributed by atoms with van der Waals surface area (Å²) in [5.41, 5.74) is 0. The lowest BCUT2D eigenvalue weighted by molar-refractivity contribution is -0.122. The second kappa shape index (κ2) is 6.85. The minimum atomic E-state index is 0.0180. The first kappa shape index (κ1) is 14.3. The van der Waals surface area contributed by atoms with Crippen LogP contribution >= 0.6 is 11.3 Å². The van der Waals surface area contributed by atoms with Crippen molar-refractivity contribution in [2.75, 3.05) is 0 Å². The lowest BCUT2D eigenvalue weighted by Crippen LogP contribution is -2.37. The molecule has 19 heavy (non-hydrogen) atoms. The van der Waals surface area contributed by atoms with Gasteiger partial charge in [0.15, 0.2) is 5.78 Å². The number of Topliss-reactive ketones (excluding diaryl/α,β-unsaturated/α-hetero) is 1. The van der Waals surface area contributed by atoms with Crippen molar-refractivity contribution in [1.29, 1.82) is 0 Å². The summed E-state index contributed by atoms with van der Waals surface area (Å²) in [5.74, 6) is 0.875. The summed E-state index contributed by atoms with van der Waals surface area (Å²) in [6.45, 7) is 2.26. The molecule has 0 radical (unpaired) electrons. The first-order valence-electron chi connectivity index (χ1n) is 7.01. The SMILES string of the molecule is CC1CCC(NC(=O)CCC(=O)c2cccs2)CC1. The van der Waals surface area contributed by atoms with Crippen molar-refractivity contribution in [3.8, 4) is 0 Å². The quantitative estimate of drug-likeness (QED) is 0.840. The summed E-state index contributed by atoms with van der Waals surface area (Å²) in [4.78, 5) is 24.3. The maximum atomic E-state index is 11.8. The molecule has 0 unspecified atom stereocenters. The van der Waals surface area contributed by atoms with Crippen LogP contribution in [0.15, 0.2) is 17.5 Å². The van der Waals surface area contributed by atoms with Crippen LogP contribution in [0.1, 0.15) is 55.1 Å². The van der Waals surface area contributed by atoms with Crippen molar-refractivity contribution >= 4 is 23.0 Å². The van der Waals surface area contributed by atoms with E-state index in [1.165, 1.54) is 24.2 Å². The molecule has 1 N–H and O–H groups in total. The third-order valence-corrected chi connectivity index (χ3v) is 4.67. The molecule has 104 valence electrons. The highest BCUT2D eigenvalue weighted by molar-refractivity contribution is 7.12. The highest BCUT2D eigenvalue weighted by atomic mass is 32.1. The Morgan fingerprint density at radius 1 is 1.26 bits per heavy atom. The van der Waals surface area contributed by atoms with E-state index in [2.05, 4.69) is 12.2 Å².